The van der Waals surface area contributed by atoms with E-state index < -0.39 is 0 Å². The molecule has 0 unspecified atom stereocenters. The Balaban J connectivity index is 0.00000144. The first-order chi connectivity index (χ1) is 7.70. The van der Waals surface area contributed by atoms with Crippen LogP contribution in [0.25, 0.3) is 0 Å². The van der Waals surface area contributed by atoms with Gasteiger partial charge in [0.1, 0.15) is 0 Å². The summed E-state index contributed by atoms with van der Waals surface area (Å²) >= 11 is 0. The lowest BCUT2D eigenvalue weighted by molar-refractivity contribution is -0.122. The van der Waals surface area contributed by atoms with Crippen molar-refractivity contribution in [1.29, 1.82) is 0 Å². The van der Waals surface area contributed by atoms with Crippen LogP contribution in [0.4, 0.5) is 6.01 Å². The first kappa shape index (κ1) is 13.8. The molecule has 1 aliphatic heterocycles. The van der Waals surface area contributed by atoms with Crippen LogP contribution in [-0.4, -0.2) is 29.1 Å². The largest absolute Gasteiger partial charge is 0.369 e. The van der Waals surface area contributed by atoms with Gasteiger partial charge in [-0.3, -0.25) is 4.79 Å². The van der Waals surface area contributed by atoms with E-state index in [4.69, 9.17) is 10.3 Å². The molecule has 2 heterocycles. The van der Waals surface area contributed by atoms with Crippen molar-refractivity contribution in [1.82, 2.24) is 10.1 Å². The Morgan fingerprint density at radius 1 is 1.53 bits per heavy atom. The number of hydrogen-bond donors (Lipinski definition) is 1. The van der Waals surface area contributed by atoms with Crippen molar-refractivity contribution in [2.24, 2.45) is 11.7 Å². The minimum atomic E-state index is -0.209. The molecule has 2 rings (SSSR count). The lowest BCUT2D eigenvalue weighted by Gasteiger charge is -2.28. The average molecular weight is 261 g/mol. The fraction of sp³-hybridized carbons (Fsp3) is 0.700. The Bertz CT molecular complexity index is 374. The van der Waals surface area contributed by atoms with Gasteiger partial charge in [0.15, 0.2) is 5.82 Å². The van der Waals surface area contributed by atoms with Gasteiger partial charge in [-0.15, -0.1) is 12.4 Å². The Labute approximate surface area is 106 Å². The third-order valence-corrected chi connectivity index (χ3v) is 2.94. The van der Waals surface area contributed by atoms with Crippen LogP contribution >= 0.6 is 12.4 Å². The van der Waals surface area contributed by atoms with Crippen molar-refractivity contribution >= 4 is 24.3 Å². The molecule has 1 saturated heterocycles. The standard InChI is InChI=1S/C10H16N4O2.ClH/c1-2-8-12-10(16-13-8)14-5-3-7(4-6-14)9(11)15;/h7H,2-6H2,1H3,(H2,11,15);1H. The van der Waals surface area contributed by atoms with Gasteiger partial charge in [0.2, 0.25) is 5.91 Å². The van der Waals surface area contributed by atoms with Crippen molar-refractivity contribution < 1.29 is 9.32 Å². The first-order valence-corrected chi connectivity index (χ1v) is 5.57. The van der Waals surface area contributed by atoms with Gasteiger partial charge in [0, 0.05) is 25.4 Å². The van der Waals surface area contributed by atoms with Crippen LogP contribution in [0.2, 0.25) is 0 Å². The summed E-state index contributed by atoms with van der Waals surface area (Å²) in [5.74, 6) is 0.497. The summed E-state index contributed by atoms with van der Waals surface area (Å²) in [5.41, 5.74) is 5.27. The van der Waals surface area contributed by atoms with Gasteiger partial charge in [-0.05, 0) is 12.8 Å². The molecule has 0 bridgehead atoms. The molecular weight excluding hydrogens is 244 g/mol. The SMILES string of the molecule is CCc1noc(N2CCC(C(N)=O)CC2)n1.Cl. The number of aromatic nitrogens is 2. The summed E-state index contributed by atoms with van der Waals surface area (Å²) < 4.78 is 5.14. The van der Waals surface area contributed by atoms with Gasteiger partial charge in [-0.25, -0.2) is 0 Å². The van der Waals surface area contributed by atoms with Crippen LogP contribution in [0.1, 0.15) is 25.6 Å². The number of halogens is 1. The molecule has 0 saturated carbocycles. The molecule has 96 valence electrons. The highest BCUT2D eigenvalue weighted by atomic mass is 35.5. The van der Waals surface area contributed by atoms with Gasteiger partial charge in [0.05, 0.1) is 0 Å². The minimum absolute atomic E-state index is 0. The Morgan fingerprint density at radius 2 is 2.18 bits per heavy atom. The van der Waals surface area contributed by atoms with Crippen LogP contribution in [-0.2, 0) is 11.2 Å². The summed E-state index contributed by atoms with van der Waals surface area (Å²) in [4.78, 5) is 17.3. The zero-order valence-electron chi connectivity index (χ0n) is 9.76. The number of anilines is 1. The number of aryl methyl sites for hydroxylation is 1. The molecular formula is C10H17ClN4O2. The van der Waals surface area contributed by atoms with E-state index in [1.54, 1.807) is 0 Å². The molecule has 6 nitrogen and oxygen atoms in total. The molecule has 1 amide bonds. The van der Waals surface area contributed by atoms with Crippen LogP contribution in [0.15, 0.2) is 4.52 Å². The predicted octanol–water partition coefficient (Wildman–Crippen LogP) is 0.756. The van der Waals surface area contributed by atoms with Crippen molar-refractivity contribution in [3.63, 3.8) is 0 Å². The smallest absolute Gasteiger partial charge is 0.324 e. The van der Waals surface area contributed by atoms with Crippen LogP contribution < -0.4 is 10.6 Å². The highest BCUT2D eigenvalue weighted by Crippen LogP contribution is 2.21. The van der Waals surface area contributed by atoms with Crippen molar-refractivity contribution in [3.8, 4) is 0 Å². The van der Waals surface area contributed by atoms with Crippen molar-refractivity contribution in [2.45, 2.75) is 26.2 Å². The maximum atomic E-state index is 11.0. The maximum Gasteiger partial charge on any atom is 0.324 e. The topological polar surface area (TPSA) is 85.3 Å². The molecule has 0 aromatic carbocycles. The monoisotopic (exact) mass is 260 g/mol. The average Bonchev–Trinajstić information content (AvgIpc) is 2.77. The summed E-state index contributed by atoms with van der Waals surface area (Å²) in [6.45, 7) is 3.48. The zero-order valence-corrected chi connectivity index (χ0v) is 10.6. The molecule has 0 aliphatic carbocycles. The van der Waals surface area contributed by atoms with E-state index >= 15 is 0 Å². The quantitative estimate of drug-likeness (QED) is 0.867. The maximum absolute atomic E-state index is 11.0. The van der Waals surface area contributed by atoms with Crippen LogP contribution in [0.3, 0.4) is 0 Å². The second-order valence-corrected chi connectivity index (χ2v) is 4.01. The highest BCUT2D eigenvalue weighted by Gasteiger charge is 2.25. The van der Waals surface area contributed by atoms with E-state index in [1.807, 2.05) is 11.8 Å². The summed E-state index contributed by atoms with van der Waals surface area (Å²) in [6.07, 6.45) is 2.29. The van der Waals surface area contributed by atoms with Gasteiger partial charge in [0.25, 0.3) is 0 Å². The summed E-state index contributed by atoms with van der Waals surface area (Å²) in [5, 5.41) is 3.84. The lowest BCUT2D eigenvalue weighted by atomic mass is 9.97. The van der Waals surface area contributed by atoms with E-state index in [9.17, 15) is 4.79 Å². The molecule has 0 spiro atoms. The normalized spacial score (nSPS) is 16.6. The molecule has 1 aromatic rings. The number of nitrogens with two attached hydrogens (primary N) is 1. The number of piperidine rings is 1. The molecule has 0 radical (unpaired) electrons. The van der Waals surface area contributed by atoms with E-state index in [1.165, 1.54) is 0 Å². The number of carbonyl (C=O) groups excluding carboxylic acids is 1. The summed E-state index contributed by atoms with van der Waals surface area (Å²) in [6, 6.07) is 0.555. The first-order valence-electron chi connectivity index (χ1n) is 5.57. The van der Waals surface area contributed by atoms with E-state index in [0.29, 0.717) is 11.8 Å². The number of carbonyl (C=O) groups is 1. The molecule has 17 heavy (non-hydrogen) atoms. The van der Waals surface area contributed by atoms with Crippen LogP contribution in [0, 0.1) is 5.92 Å². The van der Waals surface area contributed by atoms with Gasteiger partial charge in [-0.2, -0.15) is 4.98 Å². The third kappa shape index (κ3) is 3.09. The molecule has 1 aromatic heterocycles. The van der Waals surface area contributed by atoms with Gasteiger partial charge < -0.3 is 15.2 Å². The van der Waals surface area contributed by atoms with Crippen molar-refractivity contribution in [3.05, 3.63) is 5.82 Å². The Morgan fingerprint density at radius 3 is 2.65 bits per heavy atom. The van der Waals surface area contributed by atoms with E-state index in [2.05, 4.69) is 10.1 Å². The second-order valence-electron chi connectivity index (χ2n) is 4.01. The van der Waals surface area contributed by atoms with Crippen LogP contribution in [0.5, 0.6) is 0 Å². The lowest BCUT2D eigenvalue weighted by Crippen LogP contribution is -2.38. The molecule has 0 atom stereocenters. The highest BCUT2D eigenvalue weighted by molar-refractivity contribution is 5.85. The number of hydrogen-bond acceptors (Lipinski definition) is 5. The van der Waals surface area contributed by atoms with Gasteiger partial charge >= 0.3 is 6.01 Å². The predicted molar refractivity (Wildman–Crippen MR) is 65.1 cm³/mol. The zero-order chi connectivity index (χ0) is 11.5. The Kier molecular flexibility index (Phi) is 4.74. The summed E-state index contributed by atoms with van der Waals surface area (Å²) in [7, 11) is 0. The van der Waals surface area contributed by atoms with E-state index in [0.717, 1.165) is 32.4 Å². The molecule has 1 aliphatic rings. The fourth-order valence-corrected chi connectivity index (χ4v) is 1.87. The number of rotatable bonds is 3. The molecule has 7 heteroatoms. The number of primary amides is 1. The Hall–Kier alpha value is -1.30. The minimum Gasteiger partial charge on any atom is -0.369 e. The molecule has 2 N–H and O–H groups in total. The fourth-order valence-electron chi connectivity index (χ4n) is 1.87. The van der Waals surface area contributed by atoms with Crippen molar-refractivity contribution in [2.75, 3.05) is 18.0 Å². The second kappa shape index (κ2) is 5.86. The number of amides is 1. The third-order valence-electron chi connectivity index (χ3n) is 2.94. The molecule has 1 fully saturated rings. The van der Waals surface area contributed by atoms with Gasteiger partial charge in [-0.1, -0.05) is 12.1 Å². The number of nitrogens with zero attached hydrogens (tertiary/aromatic N) is 3. The van der Waals surface area contributed by atoms with E-state index in [-0.39, 0.29) is 24.2 Å².